The van der Waals surface area contributed by atoms with Crippen molar-refractivity contribution in [2.45, 2.75) is 25.4 Å². The first-order valence-corrected chi connectivity index (χ1v) is 9.15. The van der Waals surface area contributed by atoms with Crippen molar-refractivity contribution in [1.82, 2.24) is 0 Å². The number of halogens is 5. The number of rotatable bonds is 5. The van der Waals surface area contributed by atoms with Crippen LogP contribution in [0.5, 0.6) is 0 Å². The third kappa shape index (κ3) is 4.24. The highest BCUT2D eigenvalue weighted by Crippen LogP contribution is 2.49. The van der Waals surface area contributed by atoms with Crippen molar-refractivity contribution in [3.8, 4) is 0 Å². The van der Waals surface area contributed by atoms with Gasteiger partial charge in [-0.05, 0) is 34.2 Å². The van der Waals surface area contributed by atoms with Gasteiger partial charge in [-0.3, -0.25) is 0 Å². The van der Waals surface area contributed by atoms with Gasteiger partial charge in [0.05, 0.1) is 0 Å². The van der Waals surface area contributed by atoms with Crippen molar-refractivity contribution in [2.24, 2.45) is 0 Å². The van der Waals surface area contributed by atoms with Gasteiger partial charge < -0.3 is 0 Å². The van der Waals surface area contributed by atoms with Gasteiger partial charge in [0.2, 0.25) is 0 Å². The minimum atomic E-state index is -5.73. The number of hydrogen-bond acceptors (Lipinski definition) is 0. The van der Waals surface area contributed by atoms with E-state index in [4.69, 9.17) is 0 Å². The lowest BCUT2D eigenvalue weighted by molar-refractivity contribution is -0.253. The molecule has 0 aliphatic rings. The van der Waals surface area contributed by atoms with Crippen molar-refractivity contribution in [2.75, 3.05) is 0 Å². The van der Waals surface area contributed by atoms with Crippen LogP contribution in [0, 0.1) is 0 Å². The highest BCUT2D eigenvalue weighted by molar-refractivity contribution is 6.01. The van der Waals surface area contributed by atoms with Gasteiger partial charge in [-0.2, -0.15) is 22.0 Å². The van der Waals surface area contributed by atoms with Gasteiger partial charge in [-0.1, -0.05) is 91.9 Å². The second-order valence-electron chi connectivity index (χ2n) is 6.60. The highest BCUT2D eigenvalue weighted by Gasteiger charge is 2.61. The number of alkyl halides is 5. The topological polar surface area (TPSA) is 0 Å². The molecule has 0 radical (unpaired) electrons. The summed E-state index contributed by atoms with van der Waals surface area (Å²) in [6.07, 6.45) is -5.00. The molecule has 0 bridgehead atoms. The summed E-state index contributed by atoms with van der Waals surface area (Å²) < 4.78 is 70.2. The molecule has 0 amide bonds. The molecular formula is C24H19F5. The van der Waals surface area contributed by atoms with Gasteiger partial charge in [0.25, 0.3) is 0 Å². The van der Waals surface area contributed by atoms with Crippen LogP contribution in [0.15, 0.2) is 84.9 Å². The van der Waals surface area contributed by atoms with Crippen molar-refractivity contribution in [3.05, 3.63) is 107 Å². The molecule has 0 atom stereocenters. The van der Waals surface area contributed by atoms with Gasteiger partial charge in [-0.15, -0.1) is 0 Å². The Labute approximate surface area is 166 Å². The molecule has 0 unspecified atom stereocenters. The summed E-state index contributed by atoms with van der Waals surface area (Å²) in [5.74, 6) is -5.04. The lowest BCUT2D eigenvalue weighted by Crippen LogP contribution is -2.38. The van der Waals surface area contributed by atoms with Crippen LogP contribution >= 0.6 is 0 Å². The first-order valence-electron chi connectivity index (χ1n) is 9.15. The Kier molecular flexibility index (Phi) is 5.87. The molecule has 0 heterocycles. The van der Waals surface area contributed by atoms with Gasteiger partial charge in [-0.25, -0.2) is 0 Å². The zero-order valence-electron chi connectivity index (χ0n) is 15.7. The summed E-state index contributed by atoms with van der Waals surface area (Å²) in [4.78, 5) is 0. The molecule has 0 fully saturated rings. The molecule has 0 N–H and O–H groups in total. The summed E-state index contributed by atoms with van der Waals surface area (Å²) in [7, 11) is 0. The molecule has 0 aliphatic carbocycles. The Hall–Kier alpha value is -2.95. The van der Waals surface area contributed by atoms with E-state index in [9.17, 15) is 22.0 Å². The Morgan fingerprint density at radius 1 is 0.621 bits per heavy atom. The van der Waals surface area contributed by atoms with Crippen LogP contribution in [0.2, 0.25) is 0 Å². The molecule has 0 saturated carbocycles. The second kappa shape index (κ2) is 8.19. The lowest BCUT2D eigenvalue weighted by atomic mass is 9.85. The van der Waals surface area contributed by atoms with E-state index in [1.807, 2.05) is 6.92 Å². The quantitative estimate of drug-likeness (QED) is 0.308. The fourth-order valence-corrected chi connectivity index (χ4v) is 3.20. The van der Waals surface area contributed by atoms with Crippen molar-refractivity contribution >= 4 is 11.1 Å². The Bertz CT molecular complexity index is 969. The molecule has 0 saturated heterocycles. The molecule has 0 aliphatic heterocycles. The molecule has 0 nitrogen and oxygen atoms in total. The number of aryl methyl sites for hydroxylation is 1. The molecule has 150 valence electrons. The van der Waals surface area contributed by atoms with Crippen molar-refractivity contribution < 1.29 is 22.0 Å². The van der Waals surface area contributed by atoms with Gasteiger partial charge in [0.1, 0.15) is 0 Å². The van der Waals surface area contributed by atoms with Crippen LogP contribution in [0.25, 0.3) is 11.1 Å². The van der Waals surface area contributed by atoms with Crippen LogP contribution in [0.3, 0.4) is 0 Å². The van der Waals surface area contributed by atoms with Gasteiger partial charge >= 0.3 is 12.1 Å². The van der Waals surface area contributed by atoms with Crippen LogP contribution in [0.1, 0.15) is 29.2 Å². The Morgan fingerprint density at radius 3 is 1.52 bits per heavy atom. The average molecular weight is 402 g/mol. The average Bonchev–Trinajstić information content (AvgIpc) is 2.72. The third-order valence-corrected chi connectivity index (χ3v) is 4.70. The molecular weight excluding hydrogens is 383 g/mol. The maximum Gasteiger partial charge on any atom is 0.458 e. The van der Waals surface area contributed by atoms with Crippen LogP contribution in [0.4, 0.5) is 22.0 Å². The zero-order valence-corrected chi connectivity index (χ0v) is 15.7. The molecule has 3 aromatic carbocycles. The minimum absolute atomic E-state index is 0.137. The van der Waals surface area contributed by atoms with Gasteiger partial charge in [0.15, 0.2) is 0 Å². The first-order chi connectivity index (χ1) is 13.8. The van der Waals surface area contributed by atoms with Crippen LogP contribution < -0.4 is 0 Å². The monoisotopic (exact) mass is 402 g/mol. The van der Waals surface area contributed by atoms with E-state index in [0.29, 0.717) is 11.1 Å². The van der Waals surface area contributed by atoms with E-state index >= 15 is 0 Å². The fourth-order valence-electron chi connectivity index (χ4n) is 3.20. The Balaban J connectivity index is 2.42. The highest BCUT2D eigenvalue weighted by atomic mass is 19.4. The van der Waals surface area contributed by atoms with Crippen LogP contribution in [-0.4, -0.2) is 12.1 Å². The van der Waals surface area contributed by atoms with Crippen LogP contribution in [-0.2, 0) is 6.42 Å². The smallest absolute Gasteiger partial charge is 0.191 e. The molecule has 3 aromatic rings. The molecule has 5 heteroatoms. The predicted molar refractivity (Wildman–Crippen MR) is 106 cm³/mol. The lowest BCUT2D eigenvalue weighted by Gasteiger charge is -2.27. The summed E-state index contributed by atoms with van der Waals surface area (Å²) in [6.45, 7) is 1.94. The first kappa shape index (κ1) is 20.8. The summed E-state index contributed by atoms with van der Waals surface area (Å²) in [5, 5.41) is 0. The van der Waals surface area contributed by atoms with E-state index in [0.717, 1.165) is 12.0 Å². The third-order valence-electron chi connectivity index (χ3n) is 4.70. The van der Waals surface area contributed by atoms with E-state index < -0.39 is 17.7 Å². The van der Waals surface area contributed by atoms with E-state index in [-0.39, 0.29) is 11.1 Å². The minimum Gasteiger partial charge on any atom is -0.191 e. The van der Waals surface area contributed by atoms with Crippen molar-refractivity contribution in [3.63, 3.8) is 0 Å². The summed E-state index contributed by atoms with van der Waals surface area (Å²) >= 11 is 0. The predicted octanol–water partition coefficient (Wildman–Crippen LogP) is 7.41. The maximum absolute atomic E-state index is 14.9. The normalized spacial score (nSPS) is 13.2. The number of hydrogen-bond donors (Lipinski definition) is 0. The van der Waals surface area contributed by atoms with Crippen molar-refractivity contribution in [1.29, 1.82) is 0 Å². The second-order valence-corrected chi connectivity index (χ2v) is 6.60. The number of allylic oxidation sites excluding steroid dienone is 1. The number of benzene rings is 3. The van der Waals surface area contributed by atoms with Gasteiger partial charge in [0, 0.05) is 5.57 Å². The summed E-state index contributed by atoms with van der Waals surface area (Å²) in [5.41, 5.74) is 0.191. The van der Waals surface area contributed by atoms with E-state index in [1.165, 1.54) is 24.3 Å². The zero-order chi connectivity index (χ0) is 21.1. The van der Waals surface area contributed by atoms with E-state index in [1.54, 1.807) is 60.7 Å². The maximum atomic E-state index is 14.9. The molecule has 29 heavy (non-hydrogen) atoms. The SMILES string of the molecule is CCc1ccc(/C(=C(\c2ccccc2)C(F)(F)C(F)(F)F)c2ccccc2)cc1. The molecule has 3 rings (SSSR count). The fraction of sp³-hybridized carbons (Fsp3) is 0.167. The molecule has 0 spiro atoms. The van der Waals surface area contributed by atoms with E-state index in [2.05, 4.69) is 0 Å². The molecule has 0 aromatic heterocycles. The Morgan fingerprint density at radius 2 is 1.07 bits per heavy atom. The largest absolute Gasteiger partial charge is 0.458 e. The standard InChI is InChI=1S/C24H19F5/c1-2-17-13-15-19(16-14-17)21(18-9-5-3-6-10-18)22(20-11-7-4-8-12-20)23(25,26)24(27,28)29/h3-16H,2H2,1H3/b22-21+. The summed E-state index contributed by atoms with van der Waals surface area (Å²) in [6, 6.07) is 21.7.